The SMILES string of the molecule is CCNC(=NCCCCC(C)C)NCCOCC. The maximum atomic E-state index is 5.29. The molecule has 0 amide bonds. The van der Waals surface area contributed by atoms with Gasteiger partial charge in [-0.15, -0.1) is 0 Å². The molecule has 0 atom stereocenters. The van der Waals surface area contributed by atoms with Gasteiger partial charge in [0, 0.05) is 26.2 Å². The maximum Gasteiger partial charge on any atom is 0.191 e. The van der Waals surface area contributed by atoms with Crippen molar-refractivity contribution >= 4 is 5.96 Å². The average molecular weight is 257 g/mol. The van der Waals surface area contributed by atoms with Crippen molar-refractivity contribution in [3.8, 4) is 0 Å². The summed E-state index contributed by atoms with van der Waals surface area (Å²) < 4.78 is 5.29. The summed E-state index contributed by atoms with van der Waals surface area (Å²) in [6, 6.07) is 0. The molecule has 0 rings (SSSR count). The molecular weight excluding hydrogens is 226 g/mol. The zero-order valence-corrected chi connectivity index (χ0v) is 12.6. The second-order valence-corrected chi connectivity index (χ2v) is 4.77. The van der Waals surface area contributed by atoms with E-state index >= 15 is 0 Å². The van der Waals surface area contributed by atoms with Crippen molar-refractivity contribution in [2.75, 3.05) is 32.8 Å². The predicted octanol–water partition coefficient (Wildman–Crippen LogP) is 2.40. The first kappa shape index (κ1) is 17.2. The summed E-state index contributed by atoms with van der Waals surface area (Å²) in [5, 5.41) is 6.51. The highest BCUT2D eigenvalue weighted by molar-refractivity contribution is 5.79. The molecule has 4 heteroatoms. The minimum atomic E-state index is 0.730. The number of hydrogen-bond donors (Lipinski definition) is 2. The van der Waals surface area contributed by atoms with Crippen molar-refractivity contribution in [2.45, 2.75) is 47.0 Å². The highest BCUT2D eigenvalue weighted by Crippen LogP contribution is 2.05. The van der Waals surface area contributed by atoms with Crippen LogP contribution in [0.2, 0.25) is 0 Å². The Bertz CT molecular complexity index is 205. The van der Waals surface area contributed by atoms with Crippen LogP contribution >= 0.6 is 0 Å². The normalized spacial score (nSPS) is 11.9. The van der Waals surface area contributed by atoms with Gasteiger partial charge in [0.2, 0.25) is 0 Å². The van der Waals surface area contributed by atoms with Gasteiger partial charge in [0.1, 0.15) is 0 Å². The van der Waals surface area contributed by atoms with E-state index in [1.807, 2.05) is 6.92 Å². The fraction of sp³-hybridized carbons (Fsp3) is 0.929. The standard InChI is InChI=1S/C14H31N3O/c1-5-15-14(17-11-12-18-6-2)16-10-8-7-9-13(3)4/h13H,5-12H2,1-4H3,(H2,15,16,17). The van der Waals surface area contributed by atoms with Crippen LogP contribution in [-0.2, 0) is 4.74 Å². The molecule has 0 aliphatic heterocycles. The van der Waals surface area contributed by atoms with Crippen molar-refractivity contribution in [1.82, 2.24) is 10.6 Å². The van der Waals surface area contributed by atoms with E-state index in [9.17, 15) is 0 Å². The van der Waals surface area contributed by atoms with Gasteiger partial charge in [-0.05, 0) is 26.2 Å². The van der Waals surface area contributed by atoms with E-state index in [0.717, 1.165) is 44.7 Å². The highest BCUT2D eigenvalue weighted by Gasteiger charge is 1.97. The second-order valence-electron chi connectivity index (χ2n) is 4.77. The second kappa shape index (κ2) is 12.7. The Balaban J connectivity index is 3.70. The lowest BCUT2D eigenvalue weighted by Crippen LogP contribution is -2.39. The molecule has 0 unspecified atom stereocenters. The van der Waals surface area contributed by atoms with Crippen molar-refractivity contribution in [3.63, 3.8) is 0 Å². The first-order valence-corrected chi connectivity index (χ1v) is 7.30. The summed E-state index contributed by atoms with van der Waals surface area (Å²) in [5.41, 5.74) is 0. The third kappa shape index (κ3) is 11.7. The monoisotopic (exact) mass is 257 g/mol. The van der Waals surface area contributed by atoms with Crippen LogP contribution in [-0.4, -0.2) is 38.8 Å². The zero-order valence-electron chi connectivity index (χ0n) is 12.6. The van der Waals surface area contributed by atoms with Gasteiger partial charge in [-0.3, -0.25) is 4.99 Å². The van der Waals surface area contributed by atoms with Crippen LogP contribution in [0, 0.1) is 5.92 Å². The van der Waals surface area contributed by atoms with Gasteiger partial charge in [-0.2, -0.15) is 0 Å². The minimum absolute atomic E-state index is 0.730. The fourth-order valence-electron chi connectivity index (χ4n) is 1.58. The van der Waals surface area contributed by atoms with E-state index in [4.69, 9.17) is 4.74 Å². The molecule has 4 nitrogen and oxygen atoms in total. The number of rotatable bonds is 10. The number of nitrogens with zero attached hydrogens (tertiary/aromatic N) is 1. The molecule has 0 saturated heterocycles. The average Bonchev–Trinajstić information content (AvgIpc) is 2.33. The topological polar surface area (TPSA) is 45.7 Å². The quantitative estimate of drug-likeness (QED) is 0.359. The Hall–Kier alpha value is -0.770. The van der Waals surface area contributed by atoms with Gasteiger partial charge in [0.05, 0.1) is 6.61 Å². The molecule has 0 aromatic carbocycles. The Morgan fingerprint density at radius 1 is 1.17 bits per heavy atom. The molecule has 0 aliphatic carbocycles. The molecule has 18 heavy (non-hydrogen) atoms. The molecule has 0 aromatic rings. The minimum Gasteiger partial charge on any atom is -0.380 e. The third-order valence-electron chi connectivity index (χ3n) is 2.55. The van der Waals surface area contributed by atoms with Gasteiger partial charge in [-0.1, -0.05) is 26.7 Å². The molecule has 0 spiro atoms. The largest absolute Gasteiger partial charge is 0.380 e. The molecule has 0 aliphatic rings. The van der Waals surface area contributed by atoms with Gasteiger partial charge in [-0.25, -0.2) is 0 Å². The number of nitrogens with one attached hydrogen (secondary N) is 2. The Morgan fingerprint density at radius 2 is 1.94 bits per heavy atom. The van der Waals surface area contributed by atoms with Crippen molar-refractivity contribution < 1.29 is 4.74 Å². The van der Waals surface area contributed by atoms with Crippen LogP contribution < -0.4 is 10.6 Å². The number of unbranched alkanes of at least 4 members (excludes halogenated alkanes) is 1. The zero-order chi connectivity index (χ0) is 13.6. The smallest absolute Gasteiger partial charge is 0.191 e. The Morgan fingerprint density at radius 3 is 2.56 bits per heavy atom. The predicted molar refractivity (Wildman–Crippen MR) is 79.2 cm³/mol. The van der Waals surface area contributed by atoms with Gasteiger partial charge < -0.3 is 15.4 Å². The molecule has 0 heterocycles. The molecule has 0 bridgehead atoms. The van der Waals surface area contributed by atoms with Crippen molar-refractivity contribution in [3.05, 3.63) is 0 Å². The van der Waals surface area contributed by atoms with Gasteiger partial charge >= 0.3 is 0 Å². The first-order valence-electron chi connectivity index (χ1n) is 7.30. The highest BCUT2D eigenvalue weighted by atomic mass is 16.5. The van der Waals surface area contributed by atoms with Crippen LogP contribution in [0.15, 0.2) is 4.99 Å². The van der Waals surface area contributed by atoms with Gasteiger partial charge in [0.15, 0.2) is 5.96 Å². The van der Waals surface area contributed by atoms with Crippen LogP contribution in [0.5, 0.6) is 0 Å². The fourth-order valence-corrected chi connectivity index (χ4v) is 1.58. The van der Waals surface area contributed by atoms with Crippen LogP contribution in [0.3, 0.4) is 0 Å². The van der Waals surface area contributed by atoms with Crippen LogP contribution in [0.1, 0.15) is 47.0 Å². The molecule has 0 fully saturated rings. The van der Waals surface area contributed by atoms with E-state index in [-0.39, 0.29) is 0 Å². The maximum absolute atomic E-state index is 5.29. The van der Waals surface area contributed by atoms with Crippen molar-refractivity contribution in [1.29, 1.82) is 0 Å². The van der Waals surface area contributed by atoms with E-state index in [1.54, 1.807) is 0 Å². The first-order chi connectivity index (χ1) is 8.70. The van der Waals surface area contributed by atoms with Crippen molar-refractivity contribution in [2.24, 2.45) is 10.9 Å². The molecule has 0 aromatic heterocycles. The summed E-state index contributed by atoms with van der Waals surface area (Å²) in [6.45, 7) is 12.7. The number of hydrogen-bond acceptors (Lipinski definition) is 2. The third-order valence-corrected chi connectivity index (χ3v) is 2.55. The lowest BCUT2D eigenvalue weighted by atomic mass is 10.1. The number of guanidine groups is 1. The van der Waals surface area contributed by atoms with Gasteiger partial charge in [0.25, 0.3) is 0 Å². The lowest BCUT2D eigenvalue weighted by molar-refractivity contribution is 0.152. The molecule has 2 N–H and O–H groups in total. The van der Waals surface area contributed by atoms with Crippen LogP contribution in [0.4, 0.5) is 0 Å². The molecule has 0 saturated carbocycles. The van der Waals surface area contributed by atoms with E-state index in [0.29, 0.717) is 0 Å². The summed E-state index contributed by atoms with van der Waals surface area (Å²) in [5.74, 6) is 1.70. The Kier molecular flexibility index (Phi) is 12.1. The Labute approximate surface area is 113 Å². The summed E-state index contributed by atoms with van der Waals surface area (Å²) in [4.78, 5) is 4.55. The molecule has 108 valence electrons. The molecular formula is C14H31N3O. The van der Waals surface area contributed by atoms with E-state index in [2.05, 4.69) is 36.4 Å². The molecule has 0 radical (unpaired) electrons. The summed E-state index contributed by atoms with van der Waals surface area (Å²) in [7, 11) is 0. The summed E-state index contributed by atoms with van der Waals surface area (Å²) in [6.07, 6.45) is 3.73. The van der Waals surface area contributed by atoms with E-state index in [1.165, 1.54) is 19.3 Å². The lowest BCUT2D eigenvalue weighted by Gasteiger charge is -2.11. The number of ether oxygens (including phenoxy) is 1. The van der Waals surface area contributed by atoms with Crippen LogP contribution in [0.25, 0.3) is 0 Å². The van der Waals surface area contributed by atoms with E-state index < -0.39 is 0 Å². The summed E-state index contributed by atoms with van der Waals surface area (Å²) >= 11 is 0. The number of aliphatic imine (C=N–C) groups is 1.